The minimum absolute atomic E-state index is 0.0121. The van der Waals surface area contributed by atoms with Gasteiger partial charge < -0.3 is 24.5 Å². The molecule has 5 heterocycles. The van der Waals surface area contributed by atoms with E-state index in [1.165, 1.54) is 46.4 Å². The zero-order chi connectivity index (χ0) is 66.0. The molecule has 3 N–H and O–H groups in total. The molecule has 4 amide bonds. The molecular formula is C73H78N8O12. The lowest BCUT2D eigenvalue weighted by atomic mass is 10.0. The van der Waals surface area contributed by atoms with Gasteiger partial charge in [0.05, 0.1) is 37.8 Å². The third-order valence-electron chi connectivity index (χ3n) is 16.9. The van der Waals surface area contributed by atoms with Crippen LogP contribution in [0.2, 0.25) is 0 Å². The molecule has 4 aliphatic heterocycles. The first-order valence-corrected chi connectivity index (χ1v) is 31.5. The first kappa shape index (κ1) is 67.3. The maximum Gasteiger partial charge on any atom is 0.419 e. The molecule has 7 aromatic rings. The molecule has 11 rings (SSSR count). The zero-order valence-corrected chi connectivity index (χ0v) is 52.5. The molecule has 0 saturated carbocycles. The lowest BCUT2D eigenvalue weighted by Gasteiger charge is -2.31. The predicted molar refractivity (Wildman–Crippen MR) is 350 cm³/mol. The Labute approximate surface area is 540 Å². The first-order valence-electron chi connectivity index (χ1n) is 31.5. The zero-order valence-electron chi connectivity index (χ0n) is 52.5. The van der Waals surface area contributed by atoms with Crippen LogP contribution < -0.4 is 25.3 Å². The number of esters is 1. The number of aromatic nitrogens is 2. The van der Waals surface area contributed by atoms with Gasteiger partial charge in [0.25, 0.3) is 0 Å². The Bertz CT molecular complexity index is 3790. The highest BCUT2D eigenvalue weighted by molar-refractivity contribution is 6.07. The minimum Gasteiger partial charge on any atom is -0.480 e. The van der Waals surface area contributed by atoms with Gasteiger partial charge >= 0.3 is 18.0 Å². The van der Waals surface area contributed by atoms with Gasteiger partial charge in [-0.3, -0.25) is 58.5 Å². The fourth-order valence-corrected chi connectivity index (χ4v) is 12.4. The number of carbonyl (C=O) groups excluding carboxylic acids is 9. The van der Waals surface area contributed by atoms with Crippen LogP contribution in [0.25, 0.3) is 0 Å². The van der Waals surface area contributed by atoms with Crippen molar-refractivity contribution in [2.45, 2.75) is 134 Å². The molecule has 20 nitrogen and oxygen atoms in total. The van der Waals surface area contributed by atoms with Crippen LogP contribution >= 0.6 is 0 Å². The number of nitrogens with zero attached hydrogens (tertiary/aromatic N) is 6. The number of rotatable bonds is 22. The number of ether oxygens (including phenoxy) is 1. The summed E-state index contributed by atoms with van der Waals surface area (Å²) >= 11 is 0. The summed E-state index contributed by atoms with van der Waals surface area (Å²) < 4.78 is 6.37. The number of carboxylic acid groups (broad SMARTS) is 1. The van der Waals surface area contributed by atoms with E-state index in [0.29, 0.717) is 82.7 Å². The molecule has 0 radical (unpaired) electrons. The Kier molecular flexibility index (Phi) is 23.4. The molecule has 0 unspecified atom stereocenters. The van der Waals surface area contributed by atoms with Crippen LogP contribution in [0.5, 0.6) is 0 Å². The molecular weight excluding hydrogens is 1180 g/mol. The smallest absolute Gasteiger partial charge is 0.419 e. The number of carboxylic acids is 1. The average molecular weight is 1260 g/mol. The number of carbonyl (C=O) groups is 10. The van der Waals surface area contributed by atoms with Gasteiger partial charge in [0.15, 0.2) is 0 Å². The number of amides is 4. The summed E-state index contributed by atoms with van der Waals surface area (Å²) in [6, 6.07) is 47.6. The Morgan fingerprint density at radius 2 is 0.914 bits per heavy atom. The molecule has 4 aliphatic rings. The van der Waals surface area contributed by atoms with E-state index in [1.807, 2.05) is 158 Å². The number of Topliss-reactive ketones (excluding diaryl/α,β-unsaturated/α-hetero) is 3. The number of nitrogens with one attached hydrogen (secondary N) is 2. The van der Waals surface area contributed by atoms with Crippen LogP contribution in [-0.4, -0.2) is 134 Å². The number of hydrogen-bond donors (Lipinski definition) is 3. The molecule has 0 spiro atoms. The van der Waals surface area contributed by atoms with Crippen LogP contribution in [0, 0.1) is 0 Å². The summed E-state index contributed by atoms with van der Waals surface area (Å²) in [7, 11) is 0. The monoisotopic (exact) mass is 1260 g/mol. The SMILES string of the molecule is CC(=O)CN1C(=O)[C@@H](N2C(=O)OC(=O)[C@@H]2CCc2ccccc2)CCc2ccccc21.CC(=O)CN1C(=O)[C@@H](N[C@@H](CCc2ccccc2)C(=O)O)CCc2ccccc21.CC(=O)CN1C(=O)[C@@H](N[C@@H](CCc2ccccc2)C(=O)n2ccnc2)CCc2ccccc21. The molecule has 1 aromatic heterocycles. The van der Waals surface area contributed by atoms with Crippen molar-refractivity contribution in [1.82, 2.24) is 25.1 Å². The van der Waals surface area contributed by atoms with Crippen molar-refractivity contribution in [3.63, 3.8) is 0 Å². The number of cyclic esters (lactones) is 2. The summed E-state index contributed by atoms with van der Waals surface area (Å²) in [6.07, 6.45) is 10.2. The fraction of sp³-hybridized carbons (Fsp3) is 0.329. The summed E-state index contributed by atoms with van der Waals surface area (Å²) in [5.74, 6) is -2.93. The largest absolute Gasteiger partial charge is 0.480 e. The van der Waals surface area contributed by atoms with E-state index in [9.17, 15) is 53.1 Å². The molecule has 482 valence electrons. The van der Waals surface area contributed by atoms with Gasteiger partial charge in [0, 0.05) is 29.5 Å². The standard InChI is InChI=1S/C26H28N4O3.C24H24N2O5.C23H26N2O4/c1-19(31)17-30-24-10-6-5-9-21(24)12-14-23(26(30)33)28-22(25(32)29-16-15-27-18-29)13-11-20-7-3-2-4-8-20;1-16(27)15-25-19-10-6-5-9-18(19)12-14-20(22(25)28)26-21(23(29)31-24(26)30)13-11-17-7-3-2-4-8-17;1-16(26)15-25-21-10-6-5-9-18(21)12-14-19(22(25)27)24-20(23(28)29)13-11-17-7-3-2-4-8-17/h2-10,15-16,18,22-23,28H,11-14,17H2,1H3;2-10,20-21H,11-15H2,1H3;2-10,19-20,24H,11-15H2,1H3,(H,28,29)/t22-,23-;20-,21-;19-,20-/m000/s1. The van der Waals surface area contributed by atoms with E-state index in [0.717, 1.165) is 44.8 Å². The number of benzene rings is 6. The lowest BCUT2D eigenvalue weighted by Crippen LogP contribution is -2.53. The Morgan fingerprint density at radius 3 is 1.34 bits per heavy atom. The van der Waals surface area contributed by atoms with Gasteiger partial charge in [-0.1, -0.05) is 146 Å². The summed E-state index contributed by atoms with van der Waals surface area (Å²) in [5.41, 5.74) is 8.33. The van der Waals surface area contributed by atoms with Crippen molar-refractivity contribution in [2.75, 3.05) is 34.3 Å². The van der Waals surface area contributed by atoms with Gasteiger partial charge in [-0.05, 0) is 149 Å². The second kappa shape index (κ2) is 32.3. The molecule has 1 fully saturated rings. The number of imidazole rings is 1. The molecule has 1 saturated heterocycles. The first-order chi connectivity index (χ1) is 44.9. The second-order valence-electron chi connectivity index (χ2n) is 23.8. The highest BCUT2D eigenvalue weighted by atomic mass is 16.6. The maximum absolute atomic E-state index is 13.5. The van der Waals surface area contributed by atoms with Crippen molar-refractivity contribution in [1.29, 1.82) is 0 Å². The third-order valence-corrected chi connectivity index (χ3v) is 16.9. The normalized spacial score (nSPS) is 18.3. The van der Waals surface area contributed by atoms with Crippen LogP contribution in [-0.2, 0) is 81.6 Å². The van der Waals surface area contributed by atoms with Crippen molar-refractivity contribution < 1.29 is 57.8 Å². The molecule has 93 heavy (non-hydrogen) atoms. The summed E-state index contributed by atoms with van der Waals surface area (Å²) in [5, 5.41) is 16.1. The van der Waals surface area contributed by atoms with Crippen molar-refractivity contribution >= 4 is 76.1 Å². The fourth-order valence-electron chi connectivity index (χ4n) is 12.4. The molecule has 0 bridgehead atoms. The Hall–Kier alpha value is -10.1. The quantitative estimate of drug-likeness (QED) is 0.0424. The van der Waals surface area contributed by atoms with Gasteiger partial charge in [-0.15, -0.1) is 0 Å². The Morgan fingerprint density at radius 1 is 0.516 bits per heavy atom. The predicted octanol–water partition coefficient (Wildman–Crippen LogP) is 8.55. The van der Waals surface area contributed by atoms with E-state index in [1.54, 1.807) is 23.4 Å². The molecule has 6 atom stereocenters. The van der Waals surface area contributed by atoms with Crippen molar-refractivity contribution in [3.8, 4) is 0 Å². The second-order valence-corrected chi connectivity index (χ2v) is 23.8. The summed E-state index contributed by atoms with van der Waals surface area (Å²) in [6.45, 7) is 4.26. The lowest BCUT2D eigenvalue weighted by molar-refractivity contribution is -0.140. The third kappa shape index (κ3) is 17.7. The summed E-state index contributed by atoms with van der Waals surface area (Å²) in [4.78, 5) is 136. The highest BCUT2D eigenvalue weighted by Gasteiger charge is 2.49. The average Bonchev–Trinajstić information content (AvgIpc) is 1.66. The number of para-hydroxylation sites is 3. The topological polar surface area (TPSA) is 255 Å². The van der Waals surface area contributed by atoms with Crippen LogP contribution in [0.1, 0.15) is 97.5 Å². The van der Waals surface area contributed by atoms with Crippen LogP contribution in [0.3, 0.4) is 0 Å². The van der Waals surface area contributed by atoms with Crippen molar-refractivity contribution in [3.05, 3.63) is 216 Å². The van der Waals surface area contributed by atoms with Gasteiger partial charge in [0.1, 0.15) is 41.8 Å². The van der Waals surface area contributed by atoms with Crippen molar-refractivity contribution in [2.24, 2.45) is 0 Å². The highest BCUT2D eigenvalue weighted by Crippen LogP contribution is 2.34. The molecule has 6 aromatic carbocycles. The molecule has 20 heteroatoms. The van der Waals surface area contributed by atoms with Gasteiger partial charge in [-0.25, -0.2) is 14.6 Å². The number of hydrogen-bond acceptors (Lipinski definition) is 14. The number of ketones is 3. The minimum atomic E-state index is -0.978. The van der Waals surface area contributed by atoms with E-state index >= 15 is 0 Å². The van der Waals surface area contributed by atoms with E-state index in [-0.39, 0.29) is 60.6 Å². The van der Waals surface area contributed by atoms with E-state index in [2.05, 4.69) is 15.6 Å². The van der Waals surface area contributed by atoms with E-state index < -0.39 is 54.3 Å². The van der Waals surface area contributed by atoms with Crippen LogP contribution in [0.15, 0.2) is 183 Å². The van der Waals surface area contributed by atoms with Gasteiger partial charge in [0.2, 0.25) is 23.6 Å². The number of anilines is 3. The number of aryl methyl sites for hydroxylation is 6. The van der Waals surface area contributed by atoms with Crippen LogP contribution in [0.4, 0.5) is 21.9 Å². The maximum atomic E-state index is 13.5. The number of aliphatic carboxylic acids is 1. The Balaban J connectivity index is 0.000000165. The number of fused-ring (bicyclic) bond motifs is 3. The van der Waals surface area contributed by atoms with Gasteiger partial charge in [-0.2, -0.15) is 0 Å². The van der Waals surface area contributed by atoms with E-state index in [4.69, 9.17) is 4.74 Å². The molecule has 0 aliphatic carbocycles.